The third-order valence-corrected chi connectivity index (χ3v) is 3.70. The number of pyridine rings is 1. The molecule has 3 nitrogen and oxygen atoms in total. The standard InChI is InChI=1S/C16H19ClN2O/c1-4-20-13-8-12(9-19-10-13)16(18-3)14-6-5-7-15(17)11(14)2/h5-10,16,18H,4H2,1-3H3. The highest BCUT2D eigenvalue weighted by Crippen LogP contribution is 2.29. The molecule has 0 saturated heterocycles. The van der Waals surface area contributed by atoms with E-state index in [1.165, 1.54) is 0 Å². The minimum Gasteiger partial charge on any atom is -0.492 e. The Balaban J connectivity index is 2.41. The van der Waals surface area contributed by atoms with Crippen molar-refractivity contribution >= 4 is 11.6 Å². The SMILES string of the molecule is CCOc1cncc(C(NC)c2cccc(Cl)c2C)c1. The van der Waals surface area contributed by atoms with Gasteiger partial charge in [-0.3, -0.25) is 4.98 Å². The van der Waals surface area contributed by atoms with Crippen LogP contribution < -0.4 is 10.1 Å². The molecule has 1 heterocycles. The van der Waals surface area contributed by atoms with E-state index in [0.717, 1.165) is 27.5 Å². The maximum Gasteiger partial charge on any atom is 0.137 e. The smallest absolute Gasteiger partial charge is 0.137 e. The fourth-order valence-electron chi connectivity index (χ4n) is 2.28. The lowest BCUT2D eigenvalue weighted by molar-refractivity contribution is 0.338. The average molecular weight is 291 g/mol. The Morgan fingerprint density at radius 2 is 2.15 bits per heavy atom. The predicted molar refractivity (Wildman–Crippen MR) is 82.5 cm³/mol. The number of benzene rings is 1. The minimum atomic E-state index is 0.0432. The molecule has 1 aromatic heterocycles. The van der Waals surface area contributed by atoms with Gasteiger partial charge in [0.1, 0.15) is 5.75 Å². The first kappa shape index (κ1) is 14.8. The van der Waals surface area contributed by atoms with Crippen LogP contribution in [0.25, 0.3) is 0 Å². The molecular formula is C16H19ClN2O. The van der Waals surface area contributed by atoms with Crippen LogP contribution in [0.1, 0.15) is 29.7 Å². The van der Waals surface area contributed by atoms with E-state index in [1.54, 1.807) is 6.20 Å². The van der Waals surface area contributed by atoms with Gasteiger partial charge in [-0.05, 0) is 49.7 Å². The molecule has 4 heteroatoms. The molecule has 1 aromatic carbocycles. The third-order valence-electron chi connectivity index (χ3n) is 3.29. The Hall–Kier alpha value is -1.58. The van der Waals surface area contributed by atoms with Crippen molar-refractivity contribution in [3.8, 4) is 5.75 Å². The van der Waals surface area contributed by atoms with Crippen molar-refractivity contribution in [2.45, 2.75) is 19.9 Å². The van der Waals surface area contributed by atoms with Gasteiger partial charge in [-0.25, -0.2) is 0 Å². The van der Waals surface area contributed by atoms with E-state index in [2.05, 4.69) is 16.4 Å². The average Bonchev–Trinajstić information content (AvgIpc) is 2.45. The maximum atomic E-state index is 6.22. The lowest BCUT2D eigenvalue weighted by Crippen LogP contribution is -2.19. The number of rotatable bonds is 5. The molecule has 0 fully saturated rings. The fourth-order valence-corrected chi connectivity index (χ4v) is 2.46. The van der Waals surface area contributed by atoms with E-state index >= 15 is 0 Å². The van der Waals surface area contributed by atoms with Crippen LogP contribution in [0.3, 0.4) is 0 Å². The molecule has 2 aromatic rings. The molecule has 0 aliphatic rings. The first-order valence-electron chi connectivity index (χ1n) is 6.67. The number of nitrogens with one attached hydrogen (secondary N) is 1. The second kappa shape index (κ2) is 6.73. The summed E-state index contributed by atoms with van der Waals surface area (Å²) in [5, 5.41) is 4.09. The van der Waals surface area contributed by atoms with Crippen molar-refractivity contribution in [3.05, 3.63) is 58.4 Å². The first-order chi connectivity index (χ1) is 9.67. The van der Waals surface area contributed by atoms with Gasteiger partial charge in [0.2, 0.25) is 0 Å². The van der Waals surface area contributed by atoms with E-state index in [0.29, 0.717) is 6.61 Å². The topological polar surface area (TPSA) is 34.1 Å². The number of nitrogens with zero attached hydrogens (tertiary/aromatic N) is 1. The molecule has 1 unspecified atom stereocenters. The Morgan fingerprint density at radius 3 is 2.85 bits per heavy atom. The monoisotopic (exact) mass is 290 g/mol. The van der Waals surface area contributed by atoms with Gasteiger partial charge < -0.3 is 10.1 Å². The van der Waals surface area contributed by atoms with Crippen LogP contribution in [-0.4, -0.2) is 18.6 Å². The number of ether oxygens (including phenoxy) is 1. The van der Waals surface area contributed by atoms with E-state index in [1.807, 2.05) is 45.3 Å². The zero-order chi connectivity index (χ0) is 14.5. The number of aromatic nitrogens is 1. The Morgan fingerprint density at radius 1 is 1.35 bits per heavy atom. The number of halogens is 1. The van der Waals surface area contributed by atoms with Gasteiger partial charge in [-0.1, -0.05) is 23.7 Å². The number of hydrogen-bond donors (Lipinski definition) is 1. The molecule has 1 N–H and O–H groups in total. The second-order valence-electron chi connectivity index (χ2n) is 4.56. The van der Waals surface area contributed by atoms with Crippen molar-refractivity contribution in [2.24, 2.45) is 0 Å². The Bertz CT molecular complexity index is 586. The summed E-state index contributed by atoms with van der Waals surface area (Å²) in [5.74, 6) is 0.782. The summed E-state index contributed by atoms with van der Waals surface area (Å²) in [6.45, 7) is 4.62. The van der Waals surface area contributed by atoms with Crippen LogP contribution in [0.4, 0.5) is 0 Å². The normalized spacial score (nSPS) is 12.2. The fraction of sp³-hybridized carbons (Fsp3) is 0.312. The van der Waals surface area contributed by atoms with Crippen LogP contribution in [-0.2, 0) is 0 Å². The summed E-state index contributed by atoms with van der Waals surface area (Å²) >= 11 is 6.22. The Kier molecular flexibility index (Phi) is 4.99. The zero-order valence-electron chi connectivity index (χ0n) is 12.0. The first-order valence-corrected chi connectivity index (χ1v) is 7.05. The van der Waals surface area contributed by atoms with Crippen molar-refractivity contribution in [2.75, 3.05) is 13.7 Å². The van der Waals surface area contributed by atoms with Crippen LogP contribution in [0.15, 0.2) is 36.7 Å². The van der Waals surface area contributed by atoms with Crippen LogP contribution in [0.5, 0.6) is 5.75 Å². The second-order valence-corrected chi connectivity index (χ2v) is 4.97. The molecule has 0 aliphatic carbocycles. The van der Waals surface area contributed by atoms with Gasteiger partial charge in [0.15, 0.2) is 0 Å². The van der Waals surface area contributed by atoms with Crippen molar-refractivity contribution in [1.82, 2.24) is 10.3 Å². The van der Waals surface area contributed by atoms with E-state index in [9.17, 15) is 0 Å². The summed E-state index contributed by atoms with van der Waals surface area (Å²) in [7, 11) is 1.93. The summed E-state index contributed by atoms with van der Waals surface area (Å²) < 4.78 is 5.51. The van der Waals surface area contributed by atoms with Gasteiger partial charge in [-0.2, -0.15) is 0 Å². The zero-order valence-corrected chi connectivity index (χ0v) is 12.7. The van der Waals surface area contributed by atoms with Crippen molar-refractivity contribution in [3.63, 3.8) is 0 Å². The van der Waals surface area contributed by atoms with Crippen molar-refractivity contribution in [1.29, 1.82) is 0 Å². The highest BCUT2D eigenvalue weighted by molar-refractivity contribution is 6.31. The van der Waals surface area contributed by atoms with Gasteiger partial charge >= 0.3 is 0 Å². The van der Waals surface area contributed by atoms with Crippen LogP contribution in [0, 0.1) is 6.92 Å². The van der Waals surface area contributed by atoms with E-state index in [-0.39, 0.29) is 6.04 Å². The number of hydrogen-bond acceptors (Lipinski definition) is 3. The van der Waals surface area contributed by atoms with Gasteiger partial charge in [0, 0.05) is 11.2 Å². The van der Waals surface area contributed by atoms with Crippen LogP contribution >= 0.6 is 11.6 Å². The van der Waals surface area contributed by atoms with Gasteiger partial charge in [-0.15, -0.1) is 0 Å². The van der Waals surface area contributed by atoms with Gasteiger partial charge in [0.25, 0.3) is 0 Å². The highest BCUT2D eigenvalue weighted by Gasteiger charge is 2.16. The molecule has 20 heavy (non-hydrogen) atoms. The summed E-state index contributed by atoms with van der Waals surface area (Å²) in [4.78, 5) is 4.25. The molecule has 0 bridgehead atoms. The third kappa shape index (κ3) is 3.11. The molecule has 0 radical (unpaired) electrons. The summed E-state index contributed by atoms with van der Waals surface area (Å²) in [6, 6.07) is 8.01. The molecule has 0 amide bonds. The van der Waals surface area contributed by atoms with E-state index < -0.39 is 0 Å². The molecule has 106 valence electrons. The molecule has 0 spiro atoms. The molecule has 2 rings (SSSR count). The highest BCUT2D eigenvalue weighted by atomic mass is 35.5. The molecule has 0 saturated carbocycles. The van der Waals surface area contributed by atoms with Crippen molar-refractivity contribution < 1.29 is 4.74 Å². The maximum absolute atomic E-state index is 6.22. The largest absolute Gasteiger partial charge is 0.492 e. The lowest BCUT2D eigenvalue weighted by Gasteiger charge is -2.20. The molecule has 1 atom stereocenters. The predicted octanol–water partition coefficient (Wildman–Crippen LogP) is 3.75. The summed E-state index contributed by atoms with van der Waals surface area (Å²) in [6.07, 6.45) is 3.58. The molecular weight excluding hydrogens is 272 g/mol. The Labute approximate surface area is 124 Å². The minimum absolute atomic E-state index is 0.0432. The summed E-state index contributed by atoms with van der Waals surface area (Å²) in [5.41, 5.74) is 3.29. The molecule has 0 aliphatic heterocycles. The van der Waals surface area contributed by atoms with Gasteiger partial charge in [0.05, 0.1) is 18.8 Å². The van der Waals surface area contributed by atoms with Crippen LogP contribution in [0.2, 0.25) is 5.02 Å². The lowest BCUT2D eigenvalue weighted by atomic mass is 9.96. The quantitative estimate of drug-likeness (QED) is 0.910. The van der Waals surface area contributed by atoms with E-state index in [4.69, 9.17) is 16.3 Å².